The van der Waals surface area contributed by atoms with Gasteiger partial charge in [-0.3, -0.25) is 0 Å². The molecule has 4 N–H and O–H groups in total. The summed E-state index contributed by atoms with van der Waals surface area (Å²) in [5.74, 6) is 1.75. The highest BCUT2D eigenvalue weighted by atomic mass is 16.5. The molecular weight excluding hydrogens is 246 g/mol. The van der Waals surface area contributed by atoms with Crippen molar-refractivity contribution >= 4 is 5.69 Å². The molecule has 0 amide bonds. The van der Waals surface area contributed by atoms with Crippen LogP contribution in [0.1, 0.15) is 0 Å². The van der Waals surface area contributed by atoms with E-state index in [1.807, 2.05) is 0 Å². The molecule has 2 aromatic carbocycles. The predicted molar refractivity (Wildman–Crippen MR) is 73.7 cm³/mol. The van der Waals surface area contributed by atoms with Crippen LogP contribution in [0.5, 0.6) is 23.0 Å². The molecule has 0 bridgehead atoms. The van der Waals surface area contributed by atoms with Gasteiger partial charge in [0.15, 0.2) is 0 Å². The first-order valence-electron chi connectivity index (χ1n) is 5.52. The van der Waals surface area contributed by atoms with Gasteiger partial charge in [-0.25, -0.2) is 0 Å². The van der Waals surface area contributed by atoms with E-state index in [2.05, 4.69) is 0 Å². The number of benzene rings is 2. The summed E-state index contributed by atoms with van der Waals surface area (Å²) in [5.41, 5.74) is 5.70. The molecule has 0 aliphatic heterocycles. The second kappa shape index (κ2) is 7.00. The predicted octanol–water partition coefficient (Wildman–Crippen LogP) is 2.38. The lowest BCUT2D eigenvalue weighted by Crippen LogP contribution is -1.87. The topological polar surface area (TPSA) is 84.9 Å². The Morgan fingerprint density at radius 3 is 1.84 bits per heavy atom. The van der Waals surface area contributed by atoms with E-state index in [1.54, 1.807) is 50.6 Å². The monoisotopic (exact) mass is 263 g/mol. The van der Waals surface area contributed by atoms with E-state index in [1.165, 1.54) is 6.07 Å². The van der Waals surface area contributed by atoms with Crippen molar-refractivity contribution < 1.29 is 19.7 Å². The Hall–Kier alpha value is -2.56. The lowest BCUT2D eigenvalue weighted by atomic mass is 10.3. The van der Waals surface area contributed by atoms with Crippen LogP contribution in [0.25, 0.3) is 0 Å². The summed E-state index contributed by atoms with van der Waals surface area (Å²) in [6.45, 7) is 0. The molecule has 0 radical (unpaired) electrons. The minimum absolute atomic E-state index is 0.0841. The van der Waals surface area contributed by atoms with Crippen LogP contribution in [0.3, 0.4) is 0 Å². The molecule has 0 fully saturated rings. The van der Waals surface area contributed by atoms with Gasteiger partial charge in [0.1, 0.15) is 23.0 Å². The lowest BCUT2D eigenvalue weighted by Gasteiger charge is -2.01. The van der Waals surface area contributed by atoms with Crippen LogP contribution in [0.4, 0.5) is 5.69 Å². The van der Waals surface area contributed by atoms with Gasteiger partial charge in [0, 0.05) is 6.07 Å². The van der Waals surface area contributed by atoms with Crippen LogP contribution in [-0.4, -0.2) is 24.4 Å². The Balaban J connectivity index is 0.000000191. The van der Waals surface area contributed by atoms with Crippen molar-refractivity contribution in [2.24, 2.45) is 0 Å². The molecule has 0 unspecified atom stereocenters. The highest BCUT2D eigenvalue weighted by Gasteiger charge is 1.96. The van der Waals surface area contributed by atoms with Crippen LogP contribution in [-0.2, 0) is 0 Å². The average molecular weight is 263 g/mol. The van der Waals surface area contributed by atoms with Crippen molar-refractivity contribution in [2.75, 3.05) is 20.0 Å². The quantitative estimate of drug-likeness (QED) is 0.572. The van der Waals surface area contributed by atoms with Gasteiger partial charge in [0.2, 0.25) is 0 Å². The number of hydrogen-bond donors (Lipinski definition) is 3. The maximum absolute atomic E-state index is 8.96. The third-order valence-electron chi connectivity index (χ3n) is 2.31. The molecule has 0 aliphatic carbocycles. The zero-order valence-electron chi connectivity index (χ0n) is 10.8. The van der Waals surface area contributed by atoms with Gasteiger partial charge in [0.25, 0.3) is 0 Å². The highest BCUT2D eigenvalue weighted by molar-refractivity contribution is 5.55. The molecule has 0 heterocycles. The van der Waals surface area contributed by atoms with E-state index >= 15 is 0 Å². The summed E-state index contributed by atoms with van der Waals surface area (Å²) in [7, 11) is 3.14. The molecule has 0 aromatic heterocycles. The first-order chi connectivity index (χ1) is 9.06. The smallest absolute Gasteiger partial charge is 0.138 e. The molecule has 0 aliphatic rings. The average Bonchev–Trinajstić information content (AvgIpc) is 2.43. The number of rotatable bonds is 2. The molecule has 2 aromatic rings. The van der Waals surface area contributed by atoms with Crippen molar-refractivity contribution in [1.82, 2.24) is 0 Å². The fraction of sp³-hybridized carbons (Fsp3) is 0.143. The highest BCUT2D eigenvalue weighted by Crippen LogP contribution is 2.24. The standard InChI is InChI=1S/C7H9NO2.C7H8O2/c1-10-5-2-3-7(9)6(8)4-5;1-9-7-4-2-6(8)3-5-7/h2-4,9H,8H2,1H3;2-5,8H,1H3. The maximum atomic E-state index is 8.96. The number of aromatic hydroxyl groups is 2. The minimum Gasteiger partial charge on any atom is -0.508 e. The third-order valence-corrected chi connectivity index (χ3v) is 2.31. The summed E-state index contributed by atoms with van der Waals surface area (Å²) >= 11 is 0. The first kappa shape index (κ1) is 14.5. The summed E-state index contributed by atoms with van der Waals surface area (Å²) < 4.78 is 9.72. The van der Waals surface area contributed by atoms with Crippen molar-refractivity contribution in [1.29, 1.82) is 0 Å². The Morgan fingerprint density at radius 2 is 1.37 bits per heavy atom. The number of phenolic OH excluding ortho intramolecular Hbond substituents is 2. The molecule has 5 nitrogen and oxygen atoms in total. The Bertz CT molecular complexity index is 511. The number of methoxy groups -OCH3 is 2. The van der Waals surface area contributed by atoms with Crippen LogP contribution in [0.2, 0.25) is 0 Å². The van der Waals surface area contributed by atoms with Crippen LogP contribution < -0.4 is 15.2 Å². The van der Waals surface area contributed by atoms with Crippen LogP contribution >= 0.6 is 0 Å². The summed E-state index contributed by atoms with van der Waals surface area (Å²) in [6, 6.07) is 11.3. The summed E-state index contributed by atoms with van der Waals surface area (Å²) in [6.07, 6.45) is 0. The fourth-order valence-corrected chi connectivity index (χ4v) is 1.24. The molecule has 0 saturated carbocycles. The van der Waals surface area contributed by atoms with Crippen molar-refractivity contribution in [3.63, 3.8) is 0 Å². The summed E-state index contributed by atoms with van der Waals surface area (Å²) in [4.78, 5) is 0. The van der Waals surface area contributed by atoms with Gasteiger partial charge < -0.3 is 25.4 Å². The van der Waals surface area contributed by atoms with Crippen molar-refractivity contribution in [2.45, 2.75) is 0 Å². The number of nitrogens with two attached hydrogens (primary N) is 1. The number of nitrogen functional groups attached to an aromatic ring is 1. The minimum atomic E-state index is 0.0841. The van der Waals surface area contributed by atoms with E-state index in [0.29, 0.717) is 11.4 Å². The van der Waals surface area contributed by atoms with Gasteiger partial charge in [-0.05, 0) is 36.4 Å². The molecular formula is C14H17NO4. The van der Waals surface area contributed by atoms with Gasteiger partial charge in [-0.2, -0.15) is 0 Å². The molecule has 5 heteroatoms. The van der Waals surface area contributed by atoms with Gasteiger partial charge in [-0.1, -0.05) is 0 Å². The van der Waals surface area contributed by atoms with E-state index in [0.717, 1.165) is 5.75 Å². The zero-order chi connectivity index (χ0) is 14.3. The Kier molecular flexibility index (Phi) is 5.35. The van der Waals surface area contributed by atoms with Gasteiger partial charge in [-0.15, -0.1) is 0 Å². The second-order valence-electron chi connectivity index (χ2n) is 3.62. The zero-order valence-corrected chi connectivity index (χ0v) is 10.8. The number of phenols is 2. The molecule has 2 rings (SSSR count). The molecule has 19 heavy (non-hydrogen) atoms. The summed E-state index contributed by atoms with van der Waals surface area (Å²) in [5, 5.41) is 17.8. The molecule has 0 atom stereocenters. The Morgan fingerprint density at radius 1 is 0.842 bits per heavy atom. The number of ether oxygens (including phenoxy) is 2. The van der Waals surface area contributed by atoms with Crippen LogP contribution in [0.15, 0.2) is 42.5 Å². The number of hydrogen-bond acceptors (Lipinski definition) is 5. The van der Waals surface area contributed by atoms with Crippen LogP contribution in [0, 0.1) is 0 Å². The second-order valence-corrected chi connectivity index (χ2v) is 3.62. The van der Waals surface area contributed by atoms with E-state index in [9.17, 15) is 0 Å². The SMILES string of the molecule is COc1ccc(O)c(N)c1.COc1ccc(O)cc1. The Labute approximate surface area is 111 Å². The molecule has 102 valence electrons. The van der Waals surface area contributed by atoms with Crippen molar-refractivity contribution in [3.8, 4) is 23.0 Å². The van der Waals surface area contributed by atoms with E-state index in [-0.39, 0.29) is 11.5 Å². The van der Waals surface area contributed by atoms with E-state index < -0.39 is 0 Å². The normalized spacial score (nSPS) is 9.16. The maximum Gasteiger partial charge on any atom is 0.138 e. The molecule has 0 spiro atoms. The lowest BCUT2D eigenvalue weighted by molar-refractivity contribution is 0.412. The van der Waals surface area contributed by atoms with Gasteiger partial charge in [0.05, 0.1) is 19.9 Å². The fourth-order valence-electron chi connectivity index (χ4n) is 1.24. The first-order valence-corrected chi connectivity index (χ1v) is 5.52. The number of anilines is 1. The largest absolute Gasteiger partial charge is 0.508 e. The van der Waals surface area contributed by atoms with Crippen molar-refractivity contribution in [3.05, 3.63) is 42.5 Å². The molecule has 0 saturated heterocycles. The van der Waals surface area contributed by atoms with Gasteiger partial charge >= 0.3 is 0 Å². The third kappa shape index (κ3) is 4.67. The van der Waals surface area contributed by atoms with E-state index in [4.69, 9.17) is 25.4 Å².